The van der Waals surface area contributed by atoms with Gasteiger partial charge in [0.05, 0.1) is 13.2 Å². The summed E-state index contributed by atoms with van der Waals surface area (Å²) in [4.78, 5) is 0. The van der Waals surface area contributed by atoms with Crippen LogP contribution in [0.15, 0.2) is 48.5 Å². The third-order valence-corrected chi connectivity index (χ3v) is 2.83. The van der Waals surface area contributed by atoms with Crippen molar-refractivity contribution in [3.8, 4) is 11.5 Å². The van der Waals surface area contributed by atoms with Crippen LogP contribution < -0.4 is 15.2 Å². The predicted octanol–water partition coefficient (Wildman–Crippen LogP) is 3.13. The third kappa shape index (κ3) is 3.96. The molecule has 0 aliphatic rings. The summed E-state index contributed by atoms with van der Waals surface area (Å²) in [7, 11) is 0. The molecular formula is C16H18FNO2. The van der Waals surface area contributed by atoms with E-state index in [0.717, 1.165) is 11.3 Å². The molecule has 4 heteroatoms. The largest absolute Gasteiger partial charge is 0.493 e. The predicted molar refractivity (Wildman–Crippen MR) is 76.3 cm³/mol. The molecule has 106 valence electrons. The van der Waals surface area contributed by atoms with Gasteiger partial charge in [-0.15, -0.1) is 0 Å². The van der Waals surface area contributed by atoms with Crippen LogP contribution in [-0.2, 0) is 6.54 Å². The minimum absolute atomic E-state index is 0.273. The second kappa shape index (κ2) is 7.50. The number of para-hydroxylation sites is 2. The van der Waals surface area contributed by atoms with Crippen molar-refractivity contribution < 1.29 is 13.9 Å². The highest BCUT2D eigenvalue weighted by atomic mass is 19.1. The third-order valence-electron chi connectivity index (χ3n) is 2.83. The Labute approximate surface area is 118 Å². The van der Waals surface area contributed by atoms with E-state index < -0.39 is 0 Å². The fourth-order valence-corrected chi connectivity index (χ4v) is 1.80. The number of halogens is 1. The van der Waals surface area contributed by atoms with E-state index in [1.54, 1.807) is 18.2 Å². The van der Waals surface area contributed by atoms with Crippen LogP contribution >= 0.6 is 0 Å². The molecule has 0 fully saturated rings. The molecule has 0 aromatic heterocycles. The average molecular weight is 275 g/mol. The molecule has 0 saturated carbocycles. The van der Waals surface area contributed by atoms with E-state index in [-0.39, 0.29) is 11.6 Å². The molecule has 0 aliphatic heterocycles. The summed E-state index contributed by atoms with van der Waals surface area (Å²) in [6.45, 7) is 1.36. The van der Waals surface area contributed by atoms with Crippen molar-refractivity contribution in [2.75, 3.05) is 13.2 Å². The van der Waals surface area contributed by atoms with Gasteiger partial charge in [0.15, 0.2) is 11.6 Å². The van der Waals surface area contributed by atoms with Gasteiger partial charge in [0.2, 0.25) is 0 Å². The van der Waals surface area contributed by atoms with Crippen molar-refractivity contribution >= 4 is 0 Å². The molecule has 0 aliphatic carbocycles. The van der Waals surface area contributed by atoms with Crippen LogP contribution in [0.5, 0.6) is 11.5 Å². The van der Waals surface area contributed by atoms with Gasteiger partial charge in [0.25, 0.3) is 0 Å². The van der Waals surface area contributed by atoms with Gasteiger partial charge in [-0.25, -0.2) is 4.39 Å². The summed E-state index contributed by atoms with van der Waals surface area (Å²) in [5.74, 6) is 0.720. The maximum absolute atomic E-state index is 13.3. The Morgan fingerprint density at radius 2 is 1.45 bits per heavy atom. The van der Waals surface area contributed by atoms with Crippen LogP contribution in [0.25, 0.3) is 0 Å². The Morgan fingerprint density at radius 3 is 2.15 bits per heavy atom. The monoisotopic (exact) mass is 275 g/mol. The van der Waals surface area contributed by atoms with Crippen molar-refractivity contribution in [3.05, 3.63) is 59.9 Å². The lowest BCUT2D eigenvalue weighted by atomic mass is 10.2. The van der Waals surface area contributed by atoms with E-state index >= 15 is 0 Å². The van der Waals surface area contributed by atoms with Crippen molar-refractivity contribution in [1.29, 1.82) is 0 Å². The Balaban J connectivity index is 1.73. The summed E-state index contributed by atoms with van der Waals surface area (Å²) < 4.78 is 24.3. The topological polar surface area (TPSA) is 44.5 Å². The number of nitrogens with two attached hydrogens (primary N) is 1. The molecule has 3 nitrogen and oxygen atoms in total. The van der Waals surface area contributed by atoms with E-state index in [9.17, 15) is 4.39 Å². The first kappa shape index (κ1) is 14.3. The van der Waals surface area contributed by atoms with Gasteiger partial charge in [0, 0.05) is 18.5 Å². The number of hydrogen-bond acceptors (Lipinski definition) is 3. The van der Waals surface area contributed by atoms with Crippen molar-refractivity contribution in [2.24, 2.45) is 5.73 Å². The molecule has 0 bridgehead atoms. The number of rotatable bonds is 7. The molecule has 0 heterocycles. The minimum Gasteiger partial charge on any atom is -0.493 e. The van der Waals surface area contributed by atoms with Gasteiger partial charge in [-0.05, 0) is 18.2 Å². The quantitative estimate of drug-likeness (QED) is 0.790. The van der Waals surface area contributed by atoms with Crippen LogP contribution in [0.1, 0.15) is 12.0 Å². The Hall–Kier alpha value is -2.07. The minimum atomic E-state index is -0.345. The number of hydrogen-bond donors (Lipinski definition) is 1. The molecule has 0 radical (unpaired) electrons. The molecule has 0 atom stereocenters. The average Bonchev–Trinajstić information content (AvgIpc) is 2.49. The van der Waals surface area contributed by atoms with Gasteiger partial charge in [-0.1, -0.05) is 30.3 Å². The first-order chi connectivity index (χ1) is 9.81. The normalized spacial score (nSPS) is 10.3. The fraction of sp³-hybridized carbons (Fsp3) is 0.250. The van der Waals surface area contributed by atoms with E-state index in [1.807, 2.05) is 24.3 Å². The summed E-state index contributed by atoms with van der Waals surface area (Å²) in [5.41, 5.74) is 6.60. The summed E-state index contributed by atoms with van der Waals surface area (Å²) in [6.07, 6.45) is 0.674. The Kier molecular flexibility index (Phi) is 5.38. The summed E-state index contributed by atoms with van der Waals surface area (Å²) in [5, 5.41) is 0. The summed E-state index contributed by atoms with van der Waals surface area (Å²) >= 11 is 0. The molecule has 2 aromatic rings. The molecule has 2 aromatic carbocycles. The lowest BCUT2D eigenvalue weighted by Gasteiger charge is -2.11. The highest BCUT2D eigenvalue weighted by Gasteiger charge is 2.02. The molecule has 0 unspecified atom stereocenters. The fourth-order valence-electron chi connectivity index (χ4n) is 1.80. The van der Waals surface area contributed by atoms with Crippen LogP contribution in [0, 0.1) is 5.82 Å². The number of ether oxygens (including phenoxy) is 2. The van der Waals surface area contributed by atoms with Crippen molar-refractivity contribution in [2.45, 2.75) is 13.0 Å². The van der Waals surface area contributed by atoms with Crippen LogP contribution in [0.2, 0.25) is 0 Å². The van der Waals surface area contributed by atoms with Crippen LogP contribution in [0.4, 0.5) is 4.39 Å². The zero-order valence-electron chi connectivity index (χ0n) is 11.2. The first-order valence-corrected chi connectivity index (χ1v) is 6.59. The molecule has 20 heavy (non-hydrogen) atoms. The van der Waals surface area contributed by atoms with Gasteiger partial charge in [-0.3, -0.25) is 0 Å². The molecular weight excluding hydrogens is 257 g/mol. The van der Waals surface area contributed by atoms with Gasteiger partial charge in [0.1, 0.15) is 5.75 Å². The molecule has 0 amide bonds. The Morgan fingerprint density at radius 1 is 0.850 bits per heavy atom. The van der Waals surface area contributed by atoms with E-state index in [1.165, 1.54) is 6.07 Å². The van der Waals surface area contributed by atoms with Crippen molar-refractivity contribution in [1.82, 2.24) is 0 Å². The highest BCUT2D eigenvalue weighted by Crippen LogP contribution is 2.18. The second-order valence-corrected chi connectivity index (χ2v) is 4.29. The lowest BCUT2D eigenvalue weighted by molar-refractivity contribution is 0.240. The smallest absolute Gasteiger partial charge is 0.165 e. The standard InChI is InChI=1S/C16H18FNO2/c17-14-7-2-4-9-16(14)20-11-5-10-19-15-8-3-1-6-13(15)12-18/h1-4,6-9H,5,10-12,18H2. The molecule has 0 saturated heterocycles. The van der Waals surface area contributed by atoms with Crippen LogP contribution in [-0.4, -0.2) is 13.2 Å². The molecule has 2 rings (SSSR count). The Bertz CT molecular complexity index is 546. The SMILES string of the molecule is NCc1ccccc1OCCCOc1ccccc1F. The van der Waals surface area contributed by atoms with E-state index in [4.69, 9.17) is 15.2 Å². The van der Waals surface area contributed by atoms with E-state index in [2.05, 4.69) is 0 Å². The zero-order chi connectivity index (χ0) is 14.2. The lowest BCUT2D eigenvalue weighted by Crippen LogP contribution is -2.07. The zero-order valence-corrected chi connectivity index (χ0v) is 11.2. The van der Waals surface area contributed by atoms with Crippen LogP contribution in [0.3, 0.4) is 0 Å². The number of benzene rings is 2. The van der Waals surface area contributed by atoms with Gasteiger partial charge >= 0.3 is 0 Å². The van der Waals surface area contributed by atoms with Gasteiger partial charge < -0.3 is 15.2 Å². The highest BCUT2D eigenvalue weighted by molar-refractivity contribution is 5.32. The van der Waals surface area contributed by atoms with Crippen molar-refractivity contribution in [3.63, 3.8) is 0 Å². The first-order valence-electron chi connectivity index (χ1n) is 6.59. The second-order valence-electron chi connectivity index (χ2n) is 4.29. The molecule has 0 spiro atoms. The maximum Gasteiger partial charge on any atom is 0.165 e. The maximum atomic E-state index is 13.3. The van der Waals surface area contributed by atoms with Gasteiger partial charge in [-0.2, -0.15) is 0 Å². The van der Waals surface area contributed by atoms with E-state index in [0.29, 0.717) is 26.2 Å². The molecule has 2 N–H and O–H groups in total. The summed E-state index contributed by atoms with van der Waals surface area (Å²) in [6, 6.07) is 14.0.